The molecule has 2 amide bonds. The Morgan fingerprint density at radius 1 is 1.05 bits per heavy atom. The molecule has 0 radical (unpaired) electrons. The van der Waals surface area contributed by atoms with Gasteiger partial charge < -0.3 is 14.1 Å². The van der Waals surface area contributed by atoms with Crippen LogP contribution in [0.3, 0.4) is 0 Å². The summed E-state index contributed by atoms with van der Waals surface area (Å²) in [5.41, 5.74) is 4.84. The lowest BCUT2D eigenvalue weighted by Crippen LogP contribution is -2.42. The number of carbonyl (C=O) groups excluding carboxylic acids is 2. The minimum Gasteiger partial charge on any atom is -0.459 e. The van der Waals surface area contributed by atoms with Crippen molar-refractivity contribution in [2.24, 2.45) is 0 Å². The predicted octanol–water partition coefficient (Wildman–Crippen LogP) is 5.01. The van der Waals surface area contributed by atoms with Crippen molar-refractivity contribution < 1.29 is 18.7 Å². The molecule has 190 valence electrons. The van der Waals surface area contributed by atoms with Gasteiger partial charge in [0.25, 0.3) is 5.91 Å². The summed E-state index contributed by atoms with van der Waals surface area (Å²) < 4.78 is 12.9. The van der Waals surface area contributed by atoms with Crippen molar-refractivity contribution >= 4 is 17.8 Å². The molecule has 1 atom stereocenters. The number of hydrogen-bond donors (Lipinski definition) is 1. The van der Waals surface area contributed by atoms with Crippen molar-refractivity contribution in [3.05, 3.63) is 90.0 Å². The standard InChI is InChI=1S/C29H30N4O4/c1-20-7-11-22(12-8-20)25-18-33(23-13-9-21(2)10-14-23)29(30-25)31-27(34)19-32(17-24-5-3-15-36-24)28(35)26-6-4-16-37-26/h4,6-14,16,18,24H,3,5,15,17,19H2,1-2H3,(H,30,31,34). The van der Waals surface area contributed by atoms with Gasteiger partial charge in [0.05, 0.1) is 18.1 Å². The average molecular weight is 499 g/mol. The minimum atomic E-state index is -0.354. The number of furan rings is 1. The molecule has 1 N–H and O–H groups in total. The molecule has 4 aromatic rings. The van der Waals surface area contributed by atoms with Crippen LogP contribution in [0.5, 0.6) is 0 Å². The molecule has 2 aromatic carbocycles. The first-order chi connectivity index (χ1) is 18.0. The third kappa shape index (κ3) is 5.81. The molecule has 37 heavy (non-hydrogen) atoms. The van der Waals surface area contributed by atoms with Crippen molar-refractivity contribution in [3.63, 3.8) is 0 Å². The molecule has 1 aliphatic rings. The van der Waals surface area contributed by atoms with Crippen LogP contribution in [0.25, 0.3) is 16.9 Å². The first-order valence-electron chi connectivity index (χ1n) is 12.4. The van der Waals surface area contributed by atoms with E-state index in [1.54, 1.807) is 12.1 Å². The highest BCUT2D eigenvalue weighted by atomic mass is 16.5. The van der Waals surface area contributed by atoms with E-state index in [0.29, 0.717) is 19.1 Å². The third-order valence-corrected chi connectivity index (χ3v) is 6.42. The van der Waals surface area contributed by atoms with E-state index < -0.39 is 0 Å². The summed E-state index contributed by atoms with van der Waals surface area (Å²) in [6, 6.07) is 19.3. The fourth-order valence-electron chi connectivity index (χ4n) is 4.38. The number of nitrogens with zero attached hydrogens (tertiary/aromatic N) is 3. The Bertz CT molecular complexity index is 1350. The maximum absolute atomic E-state index is 13.3. The number of carbonyl (C=O) groups is 2. The largest absolute Gasteiger partial charge is 0.459 e. The summed E-state index contributed by atoms with van der Waals surface area (Å²) in [5.74, 6) is -0.134. The van der Waals surface area contributed by atoms with Gasteiger partial charge in [0.2, 0.25) is 11.9 Å². The van der Waals surface area contributed by atoms with Crippen LogP contribution in [-0.2, 0) is 9.53 Å². The summed E-state index contributed by atoms with van der Waals surface area (Å²) in [4.78, 5) is 32.6. The molecule has 8 nitrogen and oxygen atoms in total. The number of imidazole rings is 1. The Hall–Kier alpha value is -4.17. The quantitative estimate of drug-likeness (QED) is 0.369. The first kappa shape index (κ1) is 24.5. The Morgan fingerprint density at radius 2 is 1.78 bits per heavy atom. The average Bonchev–Trinajstić information content (AvgIpc) is 3.67. The van der Waals surface area contributed by atoms with Gasteiger partial charge in [-0.25, -0.2) is 4.98 Å². The number of aromatic nitrogens is 2. The molecular weight excluding hydrogens is 468 g/mol. The number of aryl methyl sites for hydroxylation is 2. The zero-order valence-corrected chi connectivity index (χ0v) is 21.0. The highest BCUT2D eigenvalue weighted by molar-refractivity contribution is 5.97. The van der Waals surface area contributed by atoms with Crippen LogP contribution in [0, 0.1) is 13.8 Å². The summed E-state index contributed by atoms with van der Waals surface area (Å²) >= 11 is 0. The van der Waals surface area contributed by atoms with Gasteiger partial charge in [0, 0.05) is 30.6 Å². The number of benzene rings is 2. The number of amides is 2. The fraction of sp³-hybridized carbons (Fsp3) is 0.276. The van der Waals surface area contributed by atoms with E-state index in [2.05, 4.69) is 5.32 Å². The Balaban J connectivity index is 1.40. The van der Waals surface area contributed by atoms with E-state index in [4.69, 9.17) is 14.1 Å². The van der Waals surface area contributed by atoms with Gasteiger partial charge in [0.1, 0.15) is 6.54 Å². The van der Waals surface area contributed by atoms with Gasteiger partial charge in [0.15, 0.2) is 5.76 Å². The smallest absolute Gasteiger partial charge is 0.290 e. The van der Waals surface area contributed by atoms with Crippen molar-refractivity contribution in [1.29, 1.82) is 0 Å². The van der Waals surface area contributed by atoms with Crippen LogP contribution in [0.4, 0.5) is 5.95 Å². The second-order valence-corrected chi connectivity index (χ2v) is 9.37. The van der Waals surface area contributed by atoms with Gasteiger partial charge in [-0.15, -0.1) is 0 Å². The summed E-state index contributed by atoms with van der Waals surface area (Å²) in [7, 11) is 0. The summed E-state index contributed by atoms with van der Waals surface area (Å²) in [6.45, 7) is 4.88. The van der Waals surface area contributed by atoms with E-state index in [1.807, 2.05) is 73.1 Å². The summed E-state index contributed by atoms with van der Waals surface area (Å²) in [5, 5.41) is 2.93. The normalized spacial score (nSPS) is 15.0. The molecule has 0 spiro atoms. The van der Waals surface area contributed by atoms with Gasteiger partial charge in [-0.1, -0.05) is 47.5 Å². The lowest BCUT2D eigenvalue weighted by atomic mass is 10.1. The monoisotopic (exact) mass is 498 g/mol. The zero-order valence-electron chi connectivity index (χ0n) is 21.0. The molecule has 0 aliphatic carbocycles. The molecular formula is C29H30N4O4. The highest BCUT2D eigenvalue weighted by Crippen LogP contribution is 2.25. The van der Waals surface area contributed by atoms with Crippen LogP contribution < -0.4 is 5.32 Å². The number of nitrogens with one attached hydrogen (secondary N) is 1. The number of rotatable bonds is 8. The minimum absolute atomic E-state index is 0.102. The van der Waals surface area contributed by atoms with Crippen LogP contribution in [0.15, 0.2) is 77.5 Å². The van der Waals surface area contributed by atoms with Crippen molar-refractivity contribution in [1.82, 2.24) is 14.5 Å². The predicted molar refractivity (Wildman–Crippen MR) is 141 cm³/mol. The van der Waals surface area contributed by atoms with E-state index in [0.717, 1.165) is 40.9 Å². The molecule has 0 saturated carbocycles. The molecule has 8 heteroatoms. The van der Waals surface area contributed by atoms with Crippen molar-refractivity contribution in [2.75, 3.05) is 25.0 Å². The number of anilines is 1. The van der Waals surface area contributed by atoms with Gasteiger partial charge in [-0.05, 0) is 51.0 Å². The Morgan fingerprint density at radius 3 is 2.43 bits per heavy atom. The summed E-state index contributed by atoms with van der Waals surface area (Å²) in [6.07, 6.45) is 5.04. The second kappa shape index (κ2) is 10.8. The van der Waals surface area contributed by atoms with E-state index >= 15 is 0 Å². The van der Waals surface area contributed by atoms with Crippen LogP contribution in [0.2, 0.25) is 0 Å². The van der Waals surface area contributed by atoms with E-state index in [1.165, 1.54) is 11.2 Å². The van der Waals surface area contributed by atoms with Crippen molar-refractivity contribution in [2.45, 2.75) is 32.8 Å². The lowest BCUT2D eigenvalue weighted by molar-refractivity contribution is -0.117. The fourth-order valence-corrected chi connectivity index (χ4v) is 4.38. The molecule has 0 bridgehead atoms. The van der Waals surface area contributed by atoms with Crippen molar-refractivity contribution in [3.8, 4) is 16.9 Å². The SMILES string of the molecule is Cc1ccc(-c2cn(-c3ccc(C)cc3)c(NC(=O)CN(CC3CCCO3)C(=O)c3ccco3)n2)cc1. The van der Waals surface area contributed by atoms with Crippen LogP contribution in [0.1, 0.15) is 34.5 Å². The van der Waals surface area contributed by atoms with Gasteiger partial charge >= 0.3 is 0 Å². The molecule has 5 rings (SSSR count). The van der Waals surface area contributed by atoms with Crippen LogP contribution in [-0.4, -0.2) is 52.1 Å². The van der Waals surface area contributed by atoms with E-state index in [9.17, 15) is 9.59 Å². The molecule has 3 heterocycles. The molecule has 1 fully saturated rings. The number of ether oxygens (including phenoxy) is 1. The zero-order chi connectivity index (χ0) is 25.8. The third-order valence-electron chi connectivity index (χ3n) is 6.42. The molecule has 2 aromatic heterocycles. The van der Waals surface area contributed by atoms with E-state index in [-0.39, 0.29) is 30.2 Å². The molecule has 1 aliphatic heterocycles. The molecule has 1 saturated heterocycles. The second-order valence-electron chi connectivity index (χ2n) is 9.37. The maximum Gasteiger partial charge on any atom is 0.290 e. The molecule has 1 unspecified atom stereocenters. The Labute approximate surface area is 215 Å². The van der Waals surface area contributed by atoms with Crippen LogP contribution >= 0.6 is 0 Å². The Kier molecular flexibility index (Phi) is 7.18. The maximum atomic E-state index is 13.3. The first-order valence-corrected chi connectivity index (χ1v) is 12.4. The topological polar surface area (TPSA) is 89.6 Å². The number of hydrogen-bond acceptors (Lipinski definition) is 5. The van der Waals surface area contributed by atoms with Gasteiger partial charge in [-0.2, -0.15) is 0 Å². The highest BCUT2D eigenvalue weighted by Gasteiger charge is 2.27. The van der Waals surface area contributed by atoms with Gasteiger partial charge in [-0.3, -0.25) is 19.5 Å². The lowest BCUT2D eigenvalue weighted by Gasteiger charge is -2.24.